The van der Waals surface area contributed by atoms with E-state index in [9.17, 15) is 14.7 Å². The molecule has 0 bridgehead atoms. The third kappa shape index (κ3) is 4.23. The quantitative estimate of drug-likeness (QED) is 0.676. The summed E-state index contributed by atoms with van der Waals surface area (Å²) in [6.07, 6.45) is 0. The molecule has 1 aromatic heterocycles. The number of urea groups is 1. The standard InChI is InChI=1S/C16H19N3O3S/c1-9(11-6-4-3-5-7-11)18-16(22)19-10(2)13-8-12(20)14(23-13)15(17)21/h3-10,20H,1-2H3,(H2,17,21)(H2,18,19,22). The summed E-state index contributed by atoms with van der Waals surface area (Å²) in [6.45, 7) is 3.66. The summed E-state index contributed by atoms with van der Waals surface area (Å²) in [5, 5.41) is 15.3. The average molecular weight is 333 g/mol. The predicted molar refractivity (Wildman–Crippen MR) is 89.4 cm³/mol. The fraction of sp³-hybridized carbons (Fsp3) is 0.250. The minimum absolute atomic E-state index is 0.0895. The molecule has 6 nitrogen and oxygen atoms in total. The van der Waals surface area contributed by atoms with Crippen molar-refractivity contribution in [2.24, 2.45) is 5.73 Å². The van der Waals surface area contributed by atoms with Crippen LogP contribution in [-0.2, 0) is 0 Å². The lowest BCUT2D eigenvalue weighted by Crippen LogP contribution is -2.38. The second kappa shape index (κ2) is 7.15. The van der Waals surface area contributed by atoms with E-state index in [0.717, 1.165) is 16.9 Å². The Bertz CT molecular complexity index is 700. The molecule has 0 fully saturated rings. The van der Waals surface area contributed by atoms with E-state index >= 15 is 0 Å². The lowest BCUT2D eigenvalue weighted by Gasteiger charge is -2.17. The van der Waals surface area contributed by atoms with Gasteiger partial charge in [0.05, 0.1) is 12.1 Å². The molecule has 7 heteroatoms. The summed E-state index contributed by atoms with van der Waals surface area (Å²) < 4.78 is 0. The Morgan fingerprint density at radius 1 is 1.13 bits per heavy atom. The van der Waals surface area contributed by atoms with Crippen LogP contribution in [0.4, 0.5) is 4.79 Å². The van der Waals surface area contributed by atoms with E-state index in [-0.39, 0.29) is 28.7 Å². The van der Waals surface area contributed by atoms with Gasteiger partial charge in [-0.2, -0.15) is 0 Å². The number of hydrogen-bond acceptors (Lipinski definition) is 4. The molecule has 2 rings (SSSR count). The van der Waals surface area contributed by atoms with Crippen molar-refractivity contribution in [3.63, 3.8) is 0 Å². The van der Waals surface area contributed by atoms with Crippen LogP contribution in [0.2, 0.25) is 0 Å². The number of carbonyl (C=O) groups excluding carboxylic acids is 2. The number of aromatic hydroxyl groups is 1. The Morgan fingerprint density at radius 3 is 2.30 bits per heavy atom. The van der Waals surface area contributed by atoms with Crippen LogP contribution in [0.25, 0.3) is 0 Å². The molecule has 5 N–H and O–H groups in total. The normalized spacial score (nSPS) is 13.1. The van der Waals surface area contributed by atoms with Crippen molar-refractivity contribution in [1.82, 2.24) is 10.6 Å². The van der Waals surface area contributed by atoms with Gasteiger partial charge < -0.3 is 21.5 Å². The Morgan fingerprint density at radius 2 is 1.74 bits per heavy atom. The first-order valence-electron chi connectivity index (χ1n) is 7.13. The Kier molecular flexibility index (Phi) is 5.23. The monoisotopic (exact) mass is 333 g/mol. The van der Waals surface area contributed by atoms with Gasteiger partial charge in [-0.3, -0.25) is 4.79 Å². The third-order valence-electron chi connectivity index (χ3n) is 3.38. The summed E-state index contributed by atoms with van der Waals surface area (Å²) in [5.41, 5.74) is 6.17. The summed E-state index contributed by atoms with van der Waals surface area (Å²) in [7, 11) is 0. The number of amides is 3. The Hall–Kier alpha value is -2.54. The molecule has 0 radical (unpaired) electrons. The minimum Gasteiger partial charge on any atom is -0.506 e. The molecule has 2 aromatic rings. The molecule has 0 aliphatic carbocycles. The molecule has 0 saturated heterocycles. The van der Waals surface area contributed by atoms with Gasteiger partial charge in [0.1, 0.15) is 10.6 Å². The van der Waals surface area contributed by atoms with Crippen LogP contribution in [0.15, 0.2) is 36.4 Å². The summed E-state index contributed by atoms with van der Waals surface area (Å²) in [6, 6.07) is 10.2. The van der Waals surface area contributed by atoms with Gasteiger partial charge in [-0.15, -0.1) is 11.3 Å². The number of nitrogens with one attached hydrogen (secondary N) is 2. The molecule has 122 valence electrons. The first kappa shape index (κ1) is 16.8. The molecule has 2 atom stereocenters. The molecule has 0 aliphatic rings. The van der Waals surface area contributed by atoms with Crippen LogP contribution in [0.3, 0.4) is 0 Å². The second-order valence-electron chi connectivity index (χ2n) is 5.20. The van der Waals surface area contributed by atoms with Gasteiger partial charge in [-0.05, 0) is 25.5 Å². The highest BCUT2D eigenvalue weighted by atomic mass is 32.1. The molecule has 0 saturated carbocycles. The summed E-state index contributed by atoms with van der Waals surface area (Å²) >= 11 is 1.07. The van der Waals surface area contributed by atoms with Gasteiger partial charge >= 0.3 is 6.03 Å². The van der Waals surface area contributed by atoms with Crippen LogP contribution < -0.4 is 16.4 Å². The number of hydrogen-bond donors (Lipinski definition) is 4. The third-order valence-corrected chi connectivity index (χ3v) is 4.70. The summed E-state index contributed by atoms with van der Waals surface area (Å²) in [4.78, 5) is 24.0. The van der Waals surface area contributed by atoms with E-state index in [1.165, 1.54) is 6.07 Å². The van der Waals surface area contributed by atoms with E-state index in [2.05, 4.69) is 10.6 Å². The number of rotatable bonds is 5. The van der Waals surface area contributed by atoms with E-state index in [0.29, 0.717) is 4.88 Å². The number of primary amides is 1. The van der Waals surface area contributed by atoms with Crippen LogP contribution in [-0.4, -0.2) is 17.0 Å². The van der Waals surface area contributed by atoms with Gasteiger partial charge in [0, 0.05) is 4.88 Å². The fourth-order valence-electron chi connectivity index (χ4n) is 2.12. The Balaban J connectivity index is 1.97. The SMILES string of the molecule is CC(NC(=O)NC(C)c1cc(O)c(C(N)=O)s1)c1ccccc1. The topological polar surface area (TPSA) is 104 Å². The van der Waals surface area contributed by atoms with Gasteiger partial charge in [0.25, 0.3) is 5.91 Å². The lowest BCUT2D eigenvalue weighted by atomic mass is 10.1. The van der Waals surface area contributed by atoms with Gasteiger partial charge in [0.15, 0.2) is 0 Å². The molecule has 0 aliphatic heterocycles. The highest BCUT2D eigenvalue weighted by Gasteiger charge is 2.19. The van der Waals surface area contributed by atoms with Crippen molar-refractivity contribution < 1.29 is 14.7 Å². The molecular weight excluding hydrogens is 314 g/mol. The predicted octanol–water partition coefficient (Wildman–Crippen LogP) is 2.67. The van der Waals surface area contributed by atoms with Crippen molar-refractivity contribution in [2.75, 3.05) is 0 Å². The minimum atomic E-state index is -0.687. The van der Waals surface area contributed by atoms with Crippen molar-refractivity contribution in [2.45, 2.75) is 25.9 Å². The zero-order chi connectivity index (χ0) is 17.0. The van der Waals surface area contributed by atoms with Crippen LogP contribution in [0.5, 0.6) is 5.75 Å². The molecule has 1 aromatic carbocycles. The maximum Gasteiger partial charge on any atom is 0.315 e. The number of thiophene rings is 1. The zero-order valence-electron chi connectivity index (χ0n) is 12.9. The van der Waals surface area contributed by atoms with Crippen molar-refractivity contribution in [3.8, 4) is 5.75 Å². The largest absolute Gasteiger partial charge is 0.506 e. The zero-order valence-corrected chi connectivity index (χ0v) is 13.7. The van der Waals surface area contributed by atoms with Crippen LogP contribution >= 0.6 is 11.3 Å². The summed E-state index contributed by atoms with van der Waals surface area (Å²) in [5.74, 6) is -0.850. The molecule has 1 heterocycles. The highest BCUT2D eigenvalue weighted by Crippen LogP contribution is 2.31. The number of benzene rings is 1. The maximum absolute atomic E-state index is 12.1. The molecule has 2 unspecified atom stereocenters. The maximum atomic E-state index is 12.1. The smallest absolute Gasteiger partial charge is 0.315 e. The van der Waals surface area contributed by atoms with E-state index in [1.807, 2.05) is 37.3 Å². The molecule has 23 heavy (non-hydrogen) atoms. The van der Waals surface area contributed by atoms with E-state index in [4.69, 9.17) is 5.73 Å². The number of nitrogens with two attached hydrogens (primary N) is 1. The molecule has 3 amide bonds. The fourth-order valence-corrected chi connectivity index (χ4v) is 3.03. The highest BCUT2D eigenvalue weighted by molar-refractivity contribution is 7.14. The van der Waals surface area contributed by atoms with Gasteiger partial charge in [0.2, 0.25) is 0 Å². The first-order valence-corrected chi connectivity index (χ1v) is 7.94. The van der Waals surface area contributed by atoms with Crippen molar-refractivity contribution in [1.29, 1.82) is 0 Å². The Labute approximate surface area is 138 Å². The van der Waals surface area contributed by atoms with Crippen LogP contribution in [0.1, 0.15) is 46.0 Å². The van der Waals surface area contributed by atoms with Crippen molar-refractivity contribution >= 4 is 23.3 Å². The van der Waals surface area contributed by atoms with Crippen molar-refractivity contribution in [3.05, 3.63) is 51.7 Å². The van der Waals surface area contributed by atoms with E-state index in [1.54, 1.807) is 6.92 Å². The number of carbonyl (C=O) groups is 2. The molecule has 0 spiro atoms. The lowest BCUT2D eigenvalue weighted by molar-refractivity contribution is 0.100. The van der Waals surface area contributed by atoms with Crippen LogP contribution in [0, 0.1) is 0 Å². The molecular formula is C16H19N3O3S. The second-order valence-corrected chi connectivity index (χ2v) is 6.28. The van der Waals surface area contributed by atoms with E-state index < -0.39 is 5.91 Å². The first-order chi connectivity index (χ1) is 10.9. The average Bonchev–Trinajstić information content (AvgIpc) is 2.90. The van der Waals surface area contributed by atoms with Gasteiger partial charge in [-0.1, -0.05) is 30.3 Å². The van der Waals surface area contributed by atoms with Gasteiger partial charge in [-0.25, -0.2) is 4.79 Å².